The minimum atomic E-state index is -0.480. The smallest absolute Gasteiger partial charge is 0.326 e. The molecule has 0 radical (unpaired) electrons. The molecule has 3 aromatic heterocycles. The van der Waals surface area contributed by atoms with Crippen LogP contribution in [0.15, 0.2) is 40.2 Å². The number of fused-ring (bicyclic) bond motifs is 2. The summed E-state index contributed by atoms with van der Waals surface area (Å²) in [6, 6.07) is 8.69. The third-order valence-electron chi connectivity index (χ3n) is 5.66. The number of aromatic hydroxyl groups is 1. The fraction of sp³-hybridized carbons (Fsp3) is 0.286. The Labute approximate surface area is 175 Å². The van der Waals surface area contributed by atoms with Gasteiger partial charge in [-0.05, 0) is 36.5 Å². The Kier molecular flexibility index (Phi) is 3.92. The summed E-state index contributed by atoms with van der Waals surface area (Å²) in [5.41, 5.74) is 3.51. The van der Waals surface area contributed by atoms with Crippen molar-refractivity contribution in [3.63, 3.8) is 0 Å². The molecule has 4 aromatic rings. The van der Waals surface area contributed by atoms with E-state index in [2.05, 4.69) is 44.2 Å². The zero-order valence-electron chi connectivity index (χ0n) is 16.6. The first kappa shape index (κ1) is 17.9. The number of rotatable bonds is 3. The fourth-order valence-electron chi connectivity index (χ4n) is 3.88. The molecule has 3 N–H and O–H groups in total. The molecule has 1 aliphatic heterocycles. The van der Waals surface area contributed by atoms with E-state index in [1.54, 1.807) is 16.8 Å². The zero-order chi connectivity index (χ0) is 20.9. The molecule has 1 aliphatic carbocycles. The van der Waals surface area contributed by atoms with Crippen LogP contribution >= 0.6 is 0 Å². The Balaban J connectivity index is 1.51. The largest absolute Gasteiger partial charge is 0.493 e. The van der Waals surface area contributed by atoms with Crippen molar-refractivity contribution >= 4 is 17.7 Å². The Morgan fingerprint density at radius 2 is 2.00 bits per heavy atom. The quantitative estimate of drug-likeness (QED) is 0.432. The van der Waals surface area contributed by atoms with Gasteiger partial charge in [-0.2, -0.15) is 19.6 Å². The van der Waals surface area contributed by atoms with Crippen LogP contribution < -0.4 is 21.4 Å². The summed E-state index contributed by atoms with van der Waals surface area (Å²) in [6.07, 6.45) is 6.30. The summed E-state index contributed by atoms with van der Waals surface area (Å²) in [5, 5.41) is 15.0. The molecule has 1 fully saturated rings. The SMILES string of the molecule is O=c1[nH]c(O)c(C=c2cnn3c(=NC4CC4)nc(N4CCc5ccccc5C4)nc23)[nH]1. The third kappa shape index (κ3) is 3.25. The number of anilines is 1. The molecule has 0 unspecified atom stereocenters. The van der Waals surface area contributed by atoms with E-state index in [1.807, 2.05) is 0 Å². The molecule has 10 nitrogen and oxygen atoms in total. The van der Waals surface area contributed by atoms with E-state index in [0.29, 0.717) is 22.4 Å². The van der Waals surface area contributed by atoms with Crippen molar-refractivity contribution in [1.82, 2.24) is 29.5 Å². The van der Waals surface area contributed by atoms with Crippen LogP contribution in [0.4, 0.5) is 5.95 Å². The average Bonchev–Trinajstić information content (AvgIpc) is 3.41. The number of H-pyrrole nitrogens is 2. The van der Waals surface area contributed by atoms with Crippen molar-refractivity contribution in [1.29, 1.82) is 0 Å². The number of hydrogen-bond donors (Lipinski definition) is 3. The Morgan fingerprint density at radius 1 is 1.16 bits per heavy atom. The lowest BCUT2D eigenvalue weighted by Crippen LogP contribution is -2.35. The number of nitrogens with zero attached hydrogens (tertiary/aromatic N) is 6. The number of imidazole rings is 1. The second kappa shape index (κ2) is 6.79. The summed E-state index contributed by atoms with van der Waals surface area (Å²) >= 11 is 0. The number of aromatic amines is 2. The molecule has 10 heteroatoms. The first-order valence-corrected chi connectivity index (χ1v) is 10.3. The van der Waals surface area contributed by atoms with Crippen LogP contribution in [0, 0.1) is 0 Å². The van der Waals surface area contributed by atoms with Gasteiger partial charge < -0.3 is 15.0 Å². The first-order chi connectivity index (χ1) is 15.1. The molecule has 156 valence electrons. The van der Waals surface area contributed by atoms with Crippen LogP contribution in [0.1, 0.15) is 29.7 Å². The van der Waals surface area contributed by atoms with Crippen molar-refractivity contribution in [2.24, 2.45) is 4.99 Å². The molecule has 2 aliphatic rings. The highest BCUT2D eigenvalue weighted by Crippen LogP contribution is 2.23. The molecule has 0 bridgehead atoms. The number of hydrogen-bond acceptors (Lipinski definition) is 7. The lowest BCUT2D eigenvalue weighted by atomic mass is 10.0. The zero-order valence-corrected chi connectivity index (χ0v) is 16.6. The normalized spacial score (nSPS) is 17.5. The number of nitrogens with one attached hydrogen (secondary N) is 2. The van der Waals surface area contributed by atoms with Gasteiger partial charge in [0.15, 0.2) is 5.65 Å². The van der Waals surface area contributed by atoms with E-state index in [1.165, 1.54) is 11.1 Å². The monoisotopic (exact) mass is 416 g/mol. The van der Waals surface area contributed by atoms with Crippen LogP contribution in [0.5, 0.6) is 5.88 Å². The lowest BCUT2D eigenvalue weighted by molar-refractivity contribution is 0.454. The standard InChI is InChI=1S/C21H20N8O2/c30-18-16(24-21(31)26-18)9-14-10-22-29-17(14)25-19(27-20(29)23-15-5-6-15)28-8-7-12-3-1-2-4-13(12)11-28/h1-4,9-10,15,30H,5-8,11H2,(H2,24,26,31). The van der Waals surface area contributed by atoms with Gasteiger partial charge in [-0.15, -0.1) is 0 Å². The van der Waals surface area contributed by atoms with Crippen LogP contribution in [0.2, 0.25) is 0 Å². The maximum absolute atomic E-state index is 11.5. The second-order valence-electron chi connectivity index (χ2n) is 7.95. The maximum Gasteiger partial charge on any atom is 0.326 e. The lowest BCUT2D eigenvalue weighted by Gasteiger charge is -2.28. The minimum absolute atomic E-state index is 0.228. The summed E-state index contributed by atoms with van der Waals surface area (Å²) in [4.78, 5) is 32.8. The Morgan fingerprint density at radius 3 is 2.77 bits per heavy atom. The van der Waals surface area contributed by atoms with Crippen LogP contribution in [0.3, 0.4) is 0 Å². The molecule has 4 heterocycles. The van der Waals surface area contributed by atoms with E-state index in [-0.39, 0.29) is 17.6 Å². The van der Waals surface area contributed by atoms with E-state index in [0.717, 1.165) is 32.4 Å². The van der Waals surface area contributed by atoms with E-state index >= 15 is 0 Å². The van der Waals surface area contributed by atoms with Crippen LogP contribution in [0.25, 0.3) is 11.7 Å². The molecule has 0 spiro atoms. The second-order valence-corrected chi connectivity index (χ2v) is 7.95. The highest BCUT2D eigenvalue weighted by atomic mass is 16.3. The van der Waals surface area contributed by atoms with Crippen molar-refractivity contribution in [3.05, 3.63) is 68.6 Å². The third-order valence-corrected chi connectivity index (χ3v) is 5.66. The maximum atomic E-state index is 11.5. The van der Waals surface area contributed by atoms with Gasteiger partial charge in [0.2, 0.25) is 11.8 Å². The molecule has 1 aromatic carbocycles. The van der Waals surface area contributed by atoms with E-state index in [4.69, 9.17) is 15.0 Å². The Bertz CT molecular complexity index is 1480. The van der Waals surface area contributed by atoms with Gasteiger partial charge in [-0.3, -0.25) is 4.98 Å². The molecule has 0 saturated heterocycles. The van der Waals surface area contributed by atoms with E-state index in [9.17, 15) is 9.90 Å². The molecule has 6 rings (SSSR count). The molecule has 1 saturated carbocycles. The topological polar surface area (TPSA) is 128 Å². The van der Waals surface area contributed by atoms with Crippen molar-refractivity contribution in [2.45, 2.75) is 31.8 Å². The molecule has 0 atom stereocenters. The first-order valence-electron chi connectivity index (χ1n) is 10.3. The van der Waals surface area contributed by atoms with Gasteiger partial charge in [0.1, 0.15) is 5.69 Å². The van der Waals surface area contributed by atoms with Crippen LogP contribution in [-0.2, 0) is 13.0 Å². The highest BCUT2D eigenvalue weighted by Gasteiger charge is 2.23. The number of benzene rings is 1. The minimum Gasteiger partial charge on any atom is -0.493 e. The van der Waals surface area contributed by atoms with Crippen molar-refractivity contribution in [2.75, 3.05) is 11.4 Å². The summed E-state index contributed by atoms with van der Waals surface area (Å²) in [6.45, 7) is 1.55. The van der Waals surface area contributed by atoms with Gasteiger partial charge in [-0.1, -0.05) is 24.3 Å². The van der Waals surface area contributed by atoms with Gasteiger partial charge >= 0.3 is 5.69 Å². The predicted octanol–water partition coefficient (Wildman–Crippen LogP) is 0.0198. The van der Waals surface area contributed by atoms with Crippen molar-refractivity contribution < 1.29 is 5.11 Å². The fourth-order valence-corrected chi connectivity index (χ4v) is 3.88. The molecular formula is C21H20N8O2. The van der Waals surface area contributed by atoms with Gasteiger partial charge in [-0.25, -0.2) is 9.79 Å². The Hall–Kier alpha value is -3.95. The molecule has 31 heavy (non-hydrogen) atoms. The van der Waals surface area contributed by atoms with E-state index < -0.39 is 5.69 Å². The average molecular weight is 416 g/mol. The predicted molar refractivity (Wildman–Crippen MR) is 112 cm³/mol. The number of aromatic nitrogens is 6. The molecular weight excluding hydrogens is 396 g/mol. The van der Waals surface area contributed by atoms with Gasteiger partial charge in [0, 0.05) is 18.3 Å². The summed E-state index contributed by atoms with van der Waals surface area (Å²) in [5.74, 6) is 0.373. The highest BCUT2D eigenvalue weighted by molar-refractivity contribution is 5.57. The summed E-state index contributed by atoms with van der Waals surface area (Å²) < 4.78 is 1.62. The summed E-state index contributed by atoms with van der Waals surface area (Å²) in [7, 11) is 0. The van der Waals surface area contributed by atoms with Gasteiger partial charge in [0.25, 0.3) is 5.62 Å². The van der Waals surface area contributed by atoms with Crippen molar-refractivity contribution in [3.8, 4) is 5.88 Å². The van der Waals surface area contributed by atoms with Crippen LogP contribution in [-0.4, -0.2) is 47.2 Å². The molecule has 0 amide bonds. The van der Waals surface area contributed by atoms with Gasteiger partial charge in [0.05, 0.1) is 12.2 Å².